The molecule has 6 rings (SSSR count). The number of thiophene rings is 1. The van der Waals surface area contributed by atoms with Crippen molar-refractivity contribution in [3.63, 3.8) is 0 Å². The van der Waals surface area contributed by atoms with Crippen LogP contribution in [0.3, 0.4) is 0 Å². The van der Waals surface area contributed by atoms with E-state index in [9.17, 15) is 0 Å². The molecule has 164 valence electrons. The van der Waals surface area contributed by atoms with Crippen LogP contribution in [0.4, 0.5) is 0 Å². The van der Waals surface area contributed by atoms with Crippen LogP contribution in [0, 0.1) is 0 Å². The van der Waals surface area contributed by atoms with Crippen LogP contribution in [0.1, 0.15) is 0 Å². The first-order valence-electron chi connectivity index (χ1n) is 9.43. The summed E-state index contributed by atoms with van der Waals surface area (Å²) in [6, 6.07) is 25.4. The summed E-state index contributed by atoms with van der Waals surface area (Å²) in [6.07, 6.45) is 13.0. The van der Waals surface area contributed by atoms with Crippen molar-refractivity contribution in [3.05, 3.63) is 150 Å². The van der Waals surface area contributed by atoms with E-state index in [-0.39, 0.29) is 0 Å². The van der Waals surface area contributed by atoms with Crippen molar-refractivity contribution in [1.29, 1.82) is 0 Å². The zero-order valence-electron chi connectivity index (χ0n) is 17.4. The van der Waals surface area contributed by atoms with E-state index in [1.165, 1.54) is 12.7 Å². The van der Waals surface area contributed by atoms with Crippen molar-refractivity contribution < 1.29 is 8.83 Å². The number of oxazole rings is 1. The molecular weight excluding hydrogens is 438 g/mol. The first-order chi connectivity index (χ1) is 16.0. The second-order valence-electron chi connectivity index (χ2n) is 5.12. The third-order valence-electron chi connectivity index (χ3n) is 2.78. The average molecular weight is 464 g/mol. The summed E-state index contributed by atoms with van der Waals surface area (Å²) in [4.78, 5) is 11.1. The van der Waals surface area contributed by atoms with Crippen LogP contribution in [0.15, 0.2) is 159 Å². The van der Waals surface area contributed by atoms with Gasteiger partial charge in [-0.1, -0.05) is 54.6 Å². The Morgan fingerprint density at radius 3 is 1.22 bits per heavy atom. The van der Waals surface area contributed by atoms with Crippen LogP contribution >= 0.6 is 22.7 Å². The maximum absolute atomic E-state index is 4.58. The van der Waals surface area contributed by atoms with E-state index >= 15 is 0 Å². The van der Waals surface area contributed by atoms with Crippen molar-refractivity contribution >= 4 is 22.7 Å². The van der Waals surface area contributed by atoms with Crippen molar-refractivity contribution in [2.75, 3.05) is 0 Å². The van der Waals surface area contributed by atoms with Crippen molar-refractivity contribution in [1.82, 2.24) is 15.0 Å². The number of aromatic nitrogens is 3. The number of nitrogens with zero attached hydrogens (tertiary/aromatic N) is 3. The molecule has 0 aliphatic rings. The van der Waals surface area contributed by atoms with Gasteiger partial charge in [0.1, 0.15) is 6.26 Å². The largest absolute Gasteiger partial charge is 0.473 e. The molecule has 5 nitrogen and oxygen atoms in total. The lowest BCUT2D eigenvalue weighted by atomic mass is 10.4. The van der Waals surface area contributed by atoms with E-state index in [1.807, 2.05) is 95.0 Å². The van der Waals surface area contributed by atoms with Gasteiger partial charge in [0.25, 0.3) is 0 Å². The Morgan fingerprint density at radius 1 is 0.406 bits per heavy atom. The lowest BCUT2D eigenvalue weighted by Crippen LogP contribution is -1.58. The van der Waals surface area contributed by atoms with Gasteiger partial charge in [-0.15, -0.1) is 11.3 Å². The molecule has 5 heterocycles. The molecule has 0 saturated heterocycles. The molecule has 7 heteroatoms. The minimum absolute atomic E-state index is 1.38. The molecular formula is C25H25N3O2S2. The van der Waals surface area contributed by atoms with E-state index < -0.39 is 0 Å². The van der Waals surface area contributed by atoms with Crippen molar-refractivity contribution in [2.24, 2.45) is 0 Å². The third kappa shape index (κ3) is 20.9. The summed E-state index contributed by atoms with van der Waals surface area (Å²) >= 11 is 3.31. The van der Waals surface area contributed by atoms with E-state index in [2.05, 4.69) is 23.8 Å². The maximum Gasteiger partial charge on any atom is 0.180 e. The quantitative estimate of drug-likeness (QED) is 0.232. The number of hydrogen-bond donors (Lipinski definition) is 0. The fraction of sp³-hybridized carbons (Fsp3) is 0. The summed E-state index contributed by atoms with van der Waals surface area (Å²) in [6.45, 7) is 0. The van der Waals surface area contributed by atoms with Gasteiger partial charge < -0.3 is 8.83 Å². The fourth-order valence-electron chi connectivity index (χ4n) is 1.50. The Kier molecular flexibility index (Phi) is 19.2. The van der Waals surface area contributed by atoms with Gasteiger partial charge in [0, 0.05) is 24.0 Å². The van der Waals surface area contributed by atoms with Crippen LogP contribution < -0.4 is 0 Å². The predicted molar refractivity (Wildman–Crippen MR) is 132 cm³/mol. The van der Waals surface area contributed by atoms with Crippen LogP contribution in [-0.2, 0) is 0 Å². The molecule has 0 aliphatic heterocycles. The molecule has 0 bridgehead atoms. The van der Waals surface area contributed by atoms with E-state index in [1.54, 1.807) is 65.5 Å². The predicted octanol–water partition coefficient (Wildman–Crippen LogP) is 7.61. The van der Waals surface area contributed by atoms with E-state index in [4.69, 9.17) is 0 Å². The van der Waals surface area contributed by atoms with Gasteiger partial charge in [-0.05, 0) is 35.0 Å². The monoisotopic (exact) mass is 463 g/mol. The standard InChI is InChI=1S/C6H6.C5H5N.C4H4O.C4H4S.C3H3NO.C3H3NS/c2*1-2-4-6-5-3-1;2*1-2-4-5-3-1;2*1-2-5-3-4-1/h1-6H;1-5H;2*1-4H;2*1-3H. The second kappa shape index (κ2) is 23.5. The molecule has 1 aromatic carbocycles. The van der Waals surface area contributed by atoms with Gasteiger partial charge in [0.2, 0.25) is 0 Å². The number of pyridine rings is 1. The molecule has 0 atom stereocenters. The topological polar surface area (TPSA) is 65.0 Å². The van der Waals surface area contributed by atoms with Gasteiger partial charge in [-0.25, -0.2) is 4.98 Å². The molecule has 0 fully saturated rings. The third-order valence-corrected chi connectivity index (χ3v) is 3.93. The summed E-state index contributed by atoms with van der Waals surface area (Å²) in [7, 11) is 0. The first-order valence-corrected chi connectivity index (χ1v) is 11.3. The zero-order chi connectivity index (χ0) is 22.6. The Morgan fingerprint density at radius 2 is 1.03 bits per heavy atom. The highest BCUT2D eigenvalue weighted by Gasteiger charge is 1.61. The molecule has 0 radical (unpaired) electrons. The van der Waals surface area contributed by atoms with E-state index in [0.29, 0.717) is 0 Å². The van der Waals surface area contributed by atoms with Gasteiger partial charge >= 0.3 is 0 Å². The molecule has 0 amide bonds. The highest BCUT2D eigenvalue weighted by atomic mass is 32.1. The molecule has 0 N–H and O–H groups in total. The number of thiazole rings is 1. The van der Waals surface area contributed by atoms with Gasteiger partial charge in [-0.2, -0.15) is 11.3 Å². The lowest BCUT2D eigenvalue weighted by Gasteiger charge is -1.70. The Labute approximate surface area is 196 Å². The smallest absolute Gasteiger partial charge is 0.180 e. The molecule has 5 aromatic heterocycles. The summed E-state index contributed by atoms with van der Waals surface area (Å²) in [5.74, 6) is 0. The second-order valence-corrected chi connectivity index (χ2v) is 6.69. The van der Waals surface area contributed by atoms with Gasteiger partial charge in [0.15, 0.2) is 6.39 Å². The maximum atomic E-state index is 4.58. The molecule has 32 heavy (non-hydrogen) atoms. The number of benzene rings is 1. The molecule has 0 saturated carbocycles. The minimum atomic E-state index is 1.38. The average Bonchev–Trinajstić information content (AvgIpc) is 3.73. The van der Waals surface area contributed by atoms with Crippen LogP contribution in [-0.4, -0.2) is 15.0 Å². The highest BCUT2D eigenvalue weighted by molar-refractivity contribution is 7.07. The van der Waals surface area contributed by atoms with Crippen molar-refractivity contribution in [2.45, 2.75) is 0 Å². The Balaban J connectivity index is 0.000000192. The highest BCUT2D eigenvalue weighted by Crippen LogP contribution is 1.91. The number of hydrogen-bond acceptors (Lipinski definition) is 7. The van der Waals surface area contributed by atoms with Crippen molar-refractivity contribution in [3.8, 4) is 0 Å². The summed E-state index contributed by atoms with van der Waals surface area (Å²) < 4.78 is 9.06. The number of furan rings is 1. The lowest BCUT2D eigenvalue weighted by molar-refractivity contribution is 0.558. The van der Waals surface area contributed by atoms with Crippen LogP contribution in [0.2, 0.25) is 0 Å². The molecule has 0 unspecified atom stereocenters. The van der Waals surface area contributed by atoms with Gasteiger partial charge in [0.05, 0.1) is 24.2 Å². The van der Waals surface area contributed by atoms with Crippen LogP contribution in [0.5, 0.6) is 0 Å². The summed E-state index contributed by atoms with van der Waals surface area (Å²) in [5, 5.41) is 6.01. The van der Waals surface area contributed by atoms with Gasteiger partial charge in [-0.3, -0.25) is 9.97 Å². The molecule has 6 aromatic rings. The van der Waals surface area contributed by atoms with E-state index in [0.717, 1.165) is 0 Å². The molecule has 0 spiro atoms. The van der Waals surface area contributed by atoms with Crippen LogP contribution in [0.25, 0.3) is 0 Å². The molecule has 0 aliphatic carbocycles. The Hall–Kier alpha value is -3.81. The fourth-order valence-corrected chi connectivity index (χ4v) is 2.31. The number of rotatable bonds is 0. The first kappa shape index (κ1) is 26.2. The Bertz CT molecular complexity index is 702. The SMILES string of the molecule is c1ccccc1.c1ccncc1.c1ccoc1.c1ccsc1.c1cocn1.c1cscn1. The minimum Gasteiger partial charge on any atom is -0.473 e. The normalized spacial score (nSPS) is 8.00. The zero-order valence-corrected chi connectivity index (χ0v) is 19.0. The summed E-state index contributed by atoms with van der Waals surface area (Å²) in [5.41, 5.74) is 1.79.